The number of ether oxygens (including phenoxy) is 1. The van der Waals surface area contributed by atoms with E-state index in [1.807, 2.05) is 6.07 Å². The Hall–Kier alpha value is -4.76. The standard InChI is InChI=1S/C51H54N2O/c1-48(2,3)39-25-23-33(24-26-39)36-29-45(34-15-9-8-10-16-34)53-47(30-36)54-46-22-14-21-44(52-46)40-18-13-17-35-27-37-31-51(32-38(37)28-41(35)40)49(4,5)42-19-11-12-20-43(42)50(51,6)7/h8-22,27-30,33,39H,23-26,31-32H2,1-7H3. The average molecular weight is 711 g/mol. The van der Waals surface area contributed by atoms with Crippen LogP contribution in [-0.2, 0) is 23.7 Å². The predicted molar refractivity (Wildman–Crippen MR) is 223 cm³/mol. The van der Waals surface area contributed by atoms with E-state index in [9.17, 15) is 0 Å². The molecular formula is C51H54N2O. The molecule has 0 N–H and O–H groups in total. The molecule has 1 fully saturated rings. The van der Waals surface area contributed by atoms with Gasteiger partial charge in [-0.15, -0.1) is 0 Å². The van der Waals surface area contributed by atoms with Gasteiger partial charge in [-0.05, 0) is 123 Å². The lowest BCUT2D eigenvalue weighted by atomic mass is 9.55. The van der Waals surface area contributed by atoms with Crippen LogP contribution < -0.4 is 4.74 Å². The van der Waals surface area contributed by atoms with Gasteiger partial charge in [0.2, 0.25) is 11.8 Å². The Morgan fingerprint density at radius 1 is 0.593 bits per heavy atom. The summed E-state index contributed by atoms with van der Waals surface area (Å²) in [5, 5.41) is 2.52. The van der Waals surface area contributed by atoms with Crippen molar-refractivity contribution in [2.75, 3.05) is 0 Å². The zero-order chi connectivity index (χ0) is 37.5. The third-order valence-corrected chi connectivity index (χ3v) is 14.4. The van der Waals surface area contributed by atoms with E-state index in [1.165, 1.54) is 64.3 Å². The summed E-state index contributed by atoms with van der Waals surface area (Å²) in [6.07, 6.45) is 7.07. The van der Waals surface area contributed by atoms with Crippen LogP contribution in [0.1, 0.15) is 108 Å². The van der Waals surface area contributed by atoms with Gasteiger partial charge in [0.1, 0.15) is 0 Å². The lowest BCUT2D eigenvalue weighted by molar-refractivity contribution is 0.0889. The van der Waals surface area contributed by atoms with E-state index in [0.29, 0.717) is 23.1 Å². The Labute approximate surface area is 322 Å². The minimum atomic E-state index is 0.0614. The fourth-order valence-corrected chi connectivity index (χ4v) is 11.0. The van der Waals surface area contributed by atoms with Gasteiger partial charge < -0.3 is 4.74 Å². The predicted octanol–water partition coefficient (Wildman–Crippen LogP) is 13.4. The van der Waals surface area contributed by atoms with Gasteiger partial charge >= 0.3 is 0 Å². The number of fused-ring (bicyclic) bond motifs is 3. The van der Waals surface area contributed by atoms with Gasteiger partial charge in [-0.3, -0.25) is 0 Å². The van der Waals surface area contributed by atoms with E-state index in [-0.39, 0.29) is 16.2 Å². The van der Waals surface area contributed by atoms with Gasteiger partial charge in [0.15, 0.2) is 0 Å². The Morgan fingerprint density at radius 3 is 1.91 bits per heavy atom. The van der Waals surface area contributed by atoms with E-state index in [0.717, 1.165) is 41.3 Å². The number of rotatable bonds is 5. The van der Waals surface area contributed by atoms with Crippen LogP contribution >= 0.6 is 0 Å². The highest BCUT2D eigenvalue weighted by molar-refractivity contribution is 5.97. The van der Waals surface area contributed by atoms with Gasteiger partial charge in [-0.25, -0.2) is 9.97 Å². The summed E-state index contributed by atoms with van der Waals surface area (Å²) in [6, 6.07) is 41.9. The molecule has 3 heteroatoms. The first-order valence-electron chi connectivity index (χ1n) is 20.2. The number of hydrogen-bond acceptors (Lipinski definition) is 3. The largest absolute Gasteiger partial charge is 0.421 e. The minimum Gasteiger partial charge on any atom is -0.421 e. The maximum Gasteiger partial charge on any atom is 0.222 e. The van der Waals surface area contributed by atoms with Crippen molar-refractivity contribution in [3.8, 4) is 34.3 Å². The number of hydrogen-bond donors (Lipinski definition) is 0. The first-order chi connectivity index (χ1) is 25.8. The SMILES string of the molecule is CC(C)(C)C1CCC(c2cc(Oc3cccc(-c4cccc5cc6c(cc45)CC4(C6)C(C)(C)c5ccccc5C4(C)C)n3)nc(-c3ccccc3)c2)CC1. The molecule has 6 aromatic rings. The number of benzene rings is 4. The van der Waals surface area contributed by atoms with Gasteiger partial charge in [-0.1, -0.05) is 139 Å². The zero-order valence-electron chi connectivity index (χ0n) is 33.2. The number of aromatic nitrogens is 2. The lowest BCUT2D eigenvalue weighted by Crippen LogP contribution is -2.48. The molecule has 0 aliphatic heterocycles. The number of pyridine rings is 2. The van der Waals surface area contributed by atoms with Crippen molar-refractivity contribution >= 4 is 10.8 Å². The molecule has 274 valence electrons. The summed E-state index contributed by atoms with van der Waals surface area (Å²) in [6.45, 7) is 17.1. The van der Waals surface area contributed by atoms with Crippen LogP contribution in [0.2, 0.25) is 0 Å². The molecule has 0 radical (unpaired) electrons. The van der Waals surface area contributed by atoms with Crippen molar-refractivity contribution in [1.82, 2.24) is 9.97 Å². The molecule has 9 rings (SSSR count). The van der Waals surface area contributed by atoms with Crippen molar-refractivity contribution in [3.05, 3.63) is 143 Å². The Kier molecular flexibility index (Phi) is 8.19. The quantitative estimate of drug-likeness (QED) is 0.179. The molecule has 0 unspecified atom stereocenters. The highest BCUT2D eigenvalue weighted by atomic mass is 16.5. The van der Waals surface area contributed by atoms with E-state index in [1.54, 1.807) is 0 Å². The van der Waals surface area contributed by atoms with Crippen LogP contribution in [-0.4, -0.2) is 9.97 Å². The van der Waals surface area contributed by atoms with Crippen LogP contribution in [0, 0.1) is 16.7 Å². The second-order valence-corrected chi connectivity index (χ2v) is 18.7. The maximum atomic E-state index is 6.61. The molecule has 0 atom stereocenters. The monoisotopic (exact) mass is 710 g/mol. The van der Waals surface area contributed by atoms with Crippen molar-refractivity contribution in [2.24, 2.45) is 16.7 Å². The topological polar surface area (TPSA) is 35.0 Å². The normalized spacial score (nSPS) is 20.9. The van der Waals surface area contributed by atoms with E-state index >= 15 is 0 Å². The molecule has 3 aliphatic carbocycles. The summed E-state index contributed by atoms with van der Waals surface area (Å²) < 4.78 is 6.61. The highest BCUT2D eigenvalue weighted by Crippen LogP contribution is 2.66. The molecule has 54 heavy (non-hydrogen) atoms. The van der Waals surface area contributed by atoms with Gasteiger partial charge in [0, 0.05) is 23.3 Å². The molecule has 1 saturated carbocycles. The third kappa shape index (κ3) is 5.61. The molecule has 4 aromatic carbocycles. The van der Waals surface area contributed by atoms with Gasteiger partial charge in [0.25, 0.3) is 0 Å². The molecule has 3 nitrogen and oxygen atoms in total. The molecule has 0 saturated heterocycles. The zero-order valence-corrected chi connectivity index (χ0v) is 33.2. The smallest absolute Gasteiger partial charge is 0.222 e. The first-order valence-corrected chi connectivity index (χ1v) is 20.2. The average Bonchev–Trinajstić information content (AvgIpc) is 3.62. The van der Waals surface area contributed by atoms with Gasteiger partial charge in [-0.2, -0.15) is 0 Å². The van der Waals surface area contributed by atoms with Crippen LogP contribution in [0.5, 0.6) is 11.8 Å². The fourth-order valence-electron chi connectivity index (χ4n) is 11.0. The second-order valence-electron chi connectivity index (χ2n) is 18.7. The fraction of sp³-hybridized carbons (Fsp3) is 0.373. The minimum absolute atomic E-state index is 0.0614. The Balaban J connectivity index is 1.04. The second kappa shape index (κ2) is 12.7. The molecule has 1 spiro atoms. The van der Waals surface area contributed by atoms with Crippen LogP contribution in [0.4, 0.5) is 0 Å². The molecule has 2 aromatic heterocycles. The summed E-state index contributed by atoms with van der Waals surface area (Å²) in [7, 11) is 0. The molecule has 2 heterocycles. The van der Waals surface area contributed by atoms with E-state index in [2.05, 4.69) is 158 Å². The summed E-state index contributed by atoms with van der Waals surface area (Å²) in [4.78, 5) is 10.2. The highest BCUT2D eigenvalue weighted by Gasteiger charge is 2.63. The van der Waals surface area contributed by atoms with Crippen molar-refractivity contribution in [1.29, 1.82) is 0 Å². The maximum absolute atomic E-state index is 6.61. The first kappa shape index (κ1) is 35.0. The van der Waals surface area contributed by atoms with Crippen molar-refractivity contribution < 1.29 is 4.74 Å². The van der Waals surface area contributed by atoms with Crippen LogP contribution in [0.15, 0.2) is 115 Å². The van der Waals surface area contributed by atoms with E-state index < -0.39 is 0 Å². The molecule has 0 bridgehead atoms. The van der Waals surface area contributed by atoms with E-state index in [4.69, 9.17) is 14.7 Å². The Bertz CT molecular complexity index is 2340. The van der Waals surface area contributed by atoms with Crippen LogP contribution in [0.3, 0.4) is 0 Å². The van der Waals surface area contributed by atoms with Crippen molar-refractivity contribution in [3.63, 3.8) is 0 Å². The summed E-state index contributed by atoms with van der Waals surface area (Å²) in [5.74, 6) is 2.44. The number of nitrogens with zero attached hydrogens (tertiary/aromatic N) is 2. The molecule has 3 aliphatic rings. The Morgan fingerprint density at radius 2 is 1.22 bits per heavy atom. The summed E-state index contributed by atoms with van der Waals surface area (Å²) in [5.41, 5.74) is 12.0. The summed E-state index contributed by atoms with van der Waals surface area (Å²) >= 11 is 0. The third-order valence-electron chi connectivity index (χ3n) is 14.4. The molecule has 0 amide bonds. The lowest BCUT2D eigenvalue weighted by Gasteiger charge is -2.47. The molecular weight excluding hydrogens is 657 g/mol. The van der Waals surface area contributed by atoms with Crippen molar-refractivity contribution in [2.45, 2.75) is 104 Å². The van der Waals surface area contributed by atoms with Gasteiger partial charge in [0.05, 0.1) is 11.4 Å². The van der Waals surface area contributed by atoms with Crippen LogP contribution in [0.25, 0.3) is 33.3 Å².